The van der Waals surface area contributed by atoms with Crippen molar-refractivity contribution in [3.05, 3.63) is 129 Å². The first-order chi connectivity index (χ1) is 31.8. The summed E-state index contributed by atoms with van der Waals surface area (Å²) in [4.78, 5) is 70.0. The molecule has 0 saturated heterocycles. The average Bonchev–Trinajstić information content (AvgIpc) is 3.30. The molecular weight excluding hydrogens is 853 g/mol. The van der Waals surface area contributed by atoms with Gasteiger partial charge in [0.25, 0.3) is 0 Å². The molecule has 366 valence electrons. The molecule has 12 heteroatoms. The molecule has 0 aliphatic carbocycles. The monoisotopic (exact) mass is 927 g/mol. The van der Waals surface area contributed by atoms with E-state index in [1.54, 1.807) is 20.8 Å². The van der Waals surface area contributed by atoms with Crippen LogP contribution in [0.1, 0.15) is 130 Å². The third-order valence-electron chi connectivity index (χ3n) is 11.0. The molecule has 0 fully saturated rings. The van der Waals surface area contributed by atoms with Crippen molar-refractivity contribution in [2.24, 2.45) is 0 Å². The Morgan fingerprint density at radius 3 is 1.39 bits per heavy atom. The number of benzene rings is 3. The summed E-state index contributed by atoms with van der Waals surface area (Å²) in [7, 11) is 0. The molecule has 0 heterocycles. The molecule has 2 unspecified atom stereocenters. The summed E-state index contributed by atoms with van der Waals surface area (Å²) in [6.07, 6.45) is 6.41. The zero-order valence-electron chi connectivity index (χ0n) is 41.5. The Morgan fingerprint density at radius 1 is 0.493 bits per heavy atom. The minimum Gasteiger partial charge on any atom is -0.465 e. The van der Waals surface area contributed by atoms with Gasteiger partial charge in [0, 0.05) is 24.0 Å². The molecule has 0 spiro atoms. The molecule has 0 amide bonds. The van der Waals surface area contributed by atoms with Crippen molar-refractivity contribution in [3.63, 3.8) is 0 Å². The van der Waals surface area contributed by atoms with Crippen molar-refractivity contribution < 1.29 is 57.2 Å². The Bertz CT molecular complexity index is 2100. The minimum atomic E-state index is -0.595. The zero-order chi connectivity index (χ0) is 49.9. The molecule has 67 heavy (non-hydrogen) atoms. The molecule has 0 bridgehead atoms. The lowest BCUT2D eigenvalue weighted by atomic mass is 9.91. The van der Waals surface area contributed by atoms with Gasteiger partial charge in [0.2, 0.25) is 0 Å². The third-order valence-corrected chi connectivity index (χ3v) is 11.0. The molecule has 3 aromatic rings. The first kappa shape index (κ1) is 57.1. The van der Waals surface area contributed by atoms with Gasteiger partial charge in [-0.05, 0) is 138 Å². The van der Waals surface area contributed by atoms with Crippen molar-refractivity contribution >= 4 is 35.8 Å². The van der Waals surface area contributed by atoms with Gasteiger partial charge in [-0.1, -0.05) is 81.1 Å². The van der Waals surface area contributed by atoms with Gasteiger partial charge in [-0.3, -0.25) is 19.2 Å². The number of hydrogen-bond donors (Lipinski definition) is 0. The van der Waals surface area contributed by atoms with Crippen LogP contribution in [0.15, 0.2) is 78.9 Å². The summed E-state index contributed by atoms with van der Waals surface area (Å²) in [5.74, 6) is -3.04. The molecule has 12 nitrogen and oxygen atoms in total. The Hall–Kier alpha value is -6.04. The predicted molar refractivity (Wildman–Crippen MR) is 259 cm³/mol. The van der Waals surface area contributed by atoms with Crippen LogP contribution in [-0.4, -0.2) is 74.5 Å². The van der Waals surface area contributed by atoms with Gasteiger partial charge in [0.05, 0.1) is 38.9 Å². The van der Waals surface area contributed by atoms with Crippen LogP contribution in [0, 0.1) is 27.7 Å². The molecule has 0 aliphatic heterocycles. The van der Waals surface area contributed by atoms with E-state index in [9.17, 15) is 28.8 Å². The van der Waals surface area contributed by atoms with E-state index in [4.69, 9.17) is 28.4 Å². The first-order valence-electron chi connectivity index (χ1n) is 23.4. The van der Waals surface area contributed by atoms with Crippen LogP contribution in [0.4, 0.5) is 0 Å². The van der Waals surface area contributed by atoms with Crippen molar-refractivity contribution in [2.45, 2.75) is 152 Å². The summed E-state index contributed by atoms with van der Waals surface area (Å²) >= 11 is 0. The maximum atomic E-state index is 12.0. The highest BCUT2D eigenvalue weighted by Gasteiger charge is 2.16. The van der Waals surface area contributed by atoms with Gasteiger partial charge >= 0.3 is 35.8 Å². The summed E-state index contributed by atoms with van der Waals surface area (Å²) in [5.41, 5.74) is 12.4. The number of carbonyl (C=O) groups excluding carboxylic acids is 6. The number of hydrogen-bond acceptors (Lipinski definition) is 12. The minimum absolute atomic E-state index is 0.0485. The van der Waals surface area contributed by atoms with Crippen LogP contribution in [0.2, 0.25) is 0 Å². The van der Waals surface area contributed by atoms with Gasteiger partial charge in [-0.2, -0.15) is 0 Å². The molecular formula is C55H74O12. The standard InChI is InChI=1S/C32H42O6.C23H32O6/c1-21(2)32(35)38-23(4)20-37-31(34)16-15-30(33)36-18-17-28-13-11-27(12-14-28)9-8-10-29-19-22(3)24(5)25(6)26(29)7;1-5-6-7-19-8-10-20(11-9-19)14-15-27-21(24)12-13-22(25)29-18(4)16-28-23(26)17(2)3/h11-14,19,23H,1,8-10,15-18,20H2,2-7H3;8-11,18H,2,5-7,12-16H2,1,3-4H3. The van der Waals surface area contributed by atoms with E-state index < -0.39 is 48.0 Å². The second kappa shape index (κ2) is 31.0. The second-order valence-corrected chi connectivity index (χ2v) is 17.1. The van der Waals surface area contributed by atoms with E-state index in [0.717, 1.165) is 36.8 Å². The smallest absolute Gasteiger partial charge is 0.333 e. The number of unbranched alkanes of at least 4 members (excludes halogenated alkanes) is 1. The molecule has 0 aromatic heterocycles. The van der Waals surface area contributed by atoms with Crippen LogP contribution in [0.5, 0.6) is 0 Å². The highest BCUT2D eigenvalue weighted by Crippen LogP contribution is 2.23. The topological polar surface area (TPSA) is 158 Å². The second-order valence-electron chi connectivity index (χ2n) is 17.1. The molecule has 3 rings (SSSR count). The Balaban J connectivity index is 0.000000478. The van der Waals surface area contributed by atoms with Crippen molar-refractivity contribution in [3.8, 4) is 0 Å². The van der Waals surface area contributed by atoms with E-state index in [-0.39, 0.29) is 63.3 Å². The van der Waals surface area contributed by atoms with Gasteiger partial charge in [-0.15, -0.1) is 0 Å². The molecule has 0 N–H and O–H groups in total. The van der Waals surface area contributed by atoms with E-state index in [1.165, 1.54) is 58.7 Å². The molecule has 0 aliphatic rings. The summed E-state index contributed by atoms with van der Waals surface area (Å²) in [6, 6.07) is 19.1. The van der Waals surface area contributed by atoms with Crippen LogP contribution in [0.25, 0.3) is 0 Å². The Labute approximate surface area is 398 Å². The Kier molecular flexibility index (Phi) is 26.4. The lowest BCUT2D eigenvalue weighted by Crippen LogP contribution is -2.23. The highest BCUT2D eigenvalue weighted by atomic mass is 16.6. The maximum Gasteiger partial charge on any atom is 0.333 e. The summed E-state index contributed by atoms with van der Waals surface area (Å²) < 4.78 is 30.5. The van der Waals surface area contributed by atoms with E-state index in [1.807, 2.05) is 0 Å². The number of rotatable bonds is 27. The van der Waals surface area contributed by atoms with Gasteiger partial charge in [0.1, 0.15) is 25.4 Å². The quantitative estimate of drug-likeness (QED) is 0.0406. The van der Waals surface area contributed by atoms with Crippen LogP contribution in [-0.2, 0) is 89.3 Å². The van der Waals surface area contributed by atoms with Crippen molar-refractivity contribution in [1.82, 2.24) is 0 Å². The van der Waals surface area contributed by atoms with E-state index >= 15 is 0 Å². The van der Waals surface area contributed by atoms with Crippen molar-refractivity contribution in [1.29, 1.82) is 0 Å². The fraction of sp³-hybridized carbons (Fsp3) is 0.491. The zero-order valence-corrected chi connectivity index (χ0v) is 41.5. The maximum absolute atomic E-state index is 12.0. The van der Waals surface area contributed by atoms with E-state index in [2.05, 4.69) is 102 Å². The average molecular weight is 927 g/mol. The number of ether oxygens (including phenoxy) is 6. The normalized spacial score (nSPS) is 11.5. The van der Waals surface area contributed by atoms with E-state index in [0.29, 0.717) is 12.8 Å². The lowest BCUT2D eigenvalue weighted by molar-refractivity contribution is -0.158. The van der Waals surface area contributed by atoms with Gasteiger partial charge in [0.15, 0.2) is 0 Å². The fourth-order valence-electron chi connectivity index (χ4n) is 6.52. The molecule has 3 aromatic carbocycles. The van der Waals surface area contributed by atoms with Gasteiger partial charge in [-0.25, -0.2) is 9.59 Å². The Morgan fingerprint density at radius 2 is 0.910 bits per heavy atom. The molecule has 0 saturated carbocycles. The van der Waals surface area contributed by atoms with Crippen LogP contribution in [0.3, 0.4) is 0 Å². The lowest BCUT2D eigenvalue weighted by Gasteiger charge is -2.14. The highest BCUT2D eigenvalue weighted by molar-refractivity contribution is 5.87. The SMILES string of the molecule is C=C(C)C(=O)OC(C)COC(=O)CCC(=O)OCCc1ccc(CCCc2cc(C)c(C)c(C)c2C)cc1.C=C(C)C(=O)OCC(C)OC(=O)CCC(=O)OCCc1ccc(CCCC)cc1. The molecule has 0 radical (unpaired) electrons. The largest absolute Gasteiger partial charge is 0.465 e. The third kappa shape index (κ3) is 23.8. The van der Waals surface area contributed by atoms with Crippen LogP contribution >= 0.6 is 0 Å². The summed E-state index contributed by atoms with van der Waals surface area (Å²) in [5, 5.41) is 0. The number of carbonyl (C=O) groups is 6. The van der Waals surface area contributed by atoms with Crippen molar-refractivity contribution in [2.75, 3.05) is 26.4 Å². The summed E-state index contributed by atoms with van der Waals surface area (Å²) in [6.45, 7) is 24.6. The van der Waals surface area contributed by atoms with Gasteiger partial charge < -0.3 is 28.4 Å². The fourth-order valence-corrected chi connectivity index (χ4v) is 6.52. The number of esters is 6. The predicted octanol–water partition coefficient (Wildman–Crippen LogP) is 9.96. The van der Waals surface area contributed by atoms with Crippen LogP contribution < -0.4 is 0 Å². The molecule has 2 atom stereocenters. The number of aryl methyl sites for hydroxylation is 4. The first-order valence-corrected chi connectivity index (χ1v) is 23.4.